The fraction of sp³-hybridized carbons (Fsp3) is 0.294. The van der Waals surface area contributed by atoms with Gasteiger partial charge in [0.25, 0.3) is 0 Å². The highest BCUT2D eigenvalue weighted by molar-refractivity contribution is 6.30. The third-order valence-electron chi connectivity index (χ3n) is 4.41. The van der Waals surface area contributed by atoms with E-state index in [-0.39, 0.29) is 12.4 Å². The predicted octanol–water partition coefficient (Wildman–Crippen LogP) is 4.68. The maximum absolute atomic E-state index is 6.20. The molecule has 0 saturated carbocycles. The molecule has 4 rings (SSSR count). The van der Waals surface area contributed by atoms with Gasteiger partial charge in [-0.05, 0) is 36.9 Å². The summed E-state index contributed by atoms with van der Waals surface area (Å²) in [6.45, 7) is 2.12. The van der Waals surface area contributed by atoms with Gasteiger partial charge in [0, 0.05) is 35.5 Å². The molecule has 0 aromatic heterocycles. The Labute approximate surface area is 136 Å². The van der Waals surface area contributed by atoms with Crippen LogP contribution in [0.15, 0.2) is 42.5 Å². The van der Waals surface area contributed by atoms with E-state index in [9.17, 15) is 0 Å². The average molecular weight is 322 g/mol. The Kier molecular flexibility index (Phi) is 3.87. The molecule has 110 valence electrons. The first-order valence-corrected chi connectivity index (χ1v) is 7.35. The van der Waals surface area contributed by atoms with E-state index < -0.39 is 0 Å². The van der Waals surface area contributed by atoms with Crippen LogP contribution < -0.4 is 4.74 Å². The van der Waals surface area contributed by atoms with Gasteiger partial charge in [0.1, 0.15) is 11.5 Å². The van der Waals surface area contributed by atoms with E-state index in [1.54, 1.807) is 0 Å². The maximum Gasteiger partial charge on any atom is 0.131 e. The Morgan fingerprint density at radius 1 is 1.00 bits per heavy atom. The van der Waals surface area contributed by atoms with E-state index >= 15 is 0 Å². The number of benzene rings is 2. The molecule has 0 bridgehead atoms. The first-order chi connectivity index (χ1) is 9.72. The Morgan fingerprint density at radius 2 is 1.67 bits per heavy atom. The highest BCUT2D eigenvalue weighted by Crippen LogP contribution is 2.49. The SMILES string of the molecule is CN1C[C@H]2c3ccccc3Oc3ccc(Cl)cc3[C@@H]2C1.Cl. The summed E-state index contributed by atoms with van der Waals surface area (Å²) >= 11 is 6.20. The lowest BCUT2D eigenvalue weighted by molar-refractivity contribution is 0.401. The van der Waals surface area contributed by atoms with Gasteiger partial charge in [-0.2, -0.15) is 0 Å². The van der Waals surface area contributed by atoms with Crippen LogP contribution in [0.5, 0.6) is 11.5 Å². The van der Waals surface area contributed by atoms with Crippen LogP contribution in [0.4, 0.5) is 0 Å². The minimum atomic E-state index is 0. The standard InChI is InChI=1S/C17H16ClNO.ClH/c1-19-9-14-12-4-2-3-5-16(12)20-17-7-6-11(18)8-13(17)15(14)10-19;/h2-8,14-15H,9-10H2,1H3;1H/t14-,15-;/m0./s1. The van der Waals surface area contributed by atoms with Crippen molar-refractivity contribution >= 4 is 24.0 Å². The number of rotatable bonds is 0. The van der Waals surface area contributed by atoms with Gasteiger partial charge in [0.2, 0.25) is 0 Å². The molecule has 2 aromatic carbocycles. The second-order valence-electron chi connectivity index (χ2n) is 5.76. The molecule has 1 fully saturated rings. The van der Waals surface area contributed by atoms with Crippen LogP contribution in [0.25, 0.3) is 0 Å². The van der Waals surface area contributed by atoms with Gasteiger partial charge in [-0.15, -0.1) is 12.4 Å². The van der Waals surface area contributed by atoms with E-state index in [4.69, 9.17) is 16.3 Å². The summed E-state index contributed by atoms with van der Waals surface area (Å²) in [6, 6.07) is 14.4. The number of likely N-dealkylation sites (N-methyl/N-ethyl adjacent to an activating group) is 1. The Hall–Kier alpha value is -1.22. The zero-order valence-corrected chi connectivity index (χ0v) is 13.3. The largest absolute Gasteiger partial charge is 0.457 e. The topological polar surface area (TPSA) is 12.5 Å². The molecular formula is C17H17Cl2NO. The van der Waals surface area contributed by atoms with Crippen molar-refractivity contribution in [1.29, 1.82) is 0 Å². The van der Waals surface area contributed by atoms with Gasteiger partial charge in [-0.25, -0.2) is 0 Å². The molecule has 0 aliphatic carbocycles. The van der Waals surface area contributed by atoms with Crippen molar-refractivity contribution in [2.45, 2.75) is 11.8 Å². The van der Waals surface area contributed by atoms with Crippen molar-refractivity contribution in [3.8, 4) is 11.5 Å². The van der Waals surface area contributed by atoms with E-state index in [1.165, 1.54) is 11.1 Å². The highest BCUT2D eigenvalue weighted by Gasteiger charge is 2.38. The number of halogens is 2. The van der Waals surface area contributed by atoms with Crippen LogP contribution in [0.2, 0.25) is 5.02 Å². The summed E-state index contributed by atoms with van der Waals surface area (Å²) in [5, 5.41) is 0.784. The molecule has 2 nitrogen and oxygen atoms in total. The molecule has 4 heteroatoms. The van der Waals surface area contributed by atoms with Crippen molar-refractivity contribution in [3.63, 3.8) is 0 Å². The van der Waals surface area contributed by atoms with Crippen LogP contribution in [-0.4, -0.2) is 25.0 Å². The summed E-state index contributed by atoms with van der Waals surface area (Å²) in [5.41, 5.74) is 2.55. The van der Waals surface area contributed by atoms with E-state index in [0.29, 0.717) is 11.8 Å². The number of para-hydroxylation sites is 1. The van der Waals surface area contributed by atoms with Crippen molar-refractivity contribution in [2.75, 3.05) is 20.1 Å². The van der Waals surface area contributed by atoms with Gasteiger partial charge in [-0.1, -0.05) is 29.8 Å². The second-order valence-corrected chi connectivity index (χ2v) is 6.19. The van der Waals surface area contributed by atoms with Crippen LogP contribution in [0, 0.1) is 0 Å². The summed E-state index contributed by atoms with van der Waals surface area (Å²) in [7, 11) is 2.18. The molecule has 0 radical (unpaired) electrons. The number of nitrogens with zero attached hydrogens (tertiary/aromatic N) is 1. The lowest BCUT2D eigenvalue weighted by atomic mass is 9.84. The Morgan fingerprint density at radius 3 is 2.48 bits per heavy atom. The Balaban J connectivity index is 0.00000132. The van der Waals surface area contributed by atoms with Crippen molar-refractivity contribution in [1.82, 2.24) is 4.90 Å². The zero-order chi connectivity index (χ0) is 13.7. The third-order valence-corrected chi connectivity index (χ3v) is 4.65. The number of fused-ring (bicyclic) bond motifs is 5. The summed E-state index contributed by atoms with van der Waals surface area (Å²) in [6.07, 6.45) is 0. The van der Waals surface area contributed by atoms with Crippen LogP contribution in [0.1, 0.15) is 23.0 Å². The molecule has 2 aromatic rings. The quantitative estimate of drug-likeness (QED) is 0.698. The highest BCUT2D eigenvalue weighted by atomic mass is 35.5. The zero-order valence-electron chi connectivity index (χ0n) is 11.8. The molecule has 0 unspecified atom stereocenters. The summed E-state index contributed by atoms with van der Waals surface area (Å²) in [4.78, 5) is 2.39. The number of hydrogen-bond donors (Lipinski definition) is 0. The van der Waals surface area contributed by atoms with Crippen LogP contribution >= 0.6 is 24.0 Å². The fourth-order valence-electron chi connectivity index (χ4n) is 3.53. The van der Waals surface area contributed by atoms with Gasteiger partial charge in [0.15, 0.2) is 0 Å². The van der Waals surface area contributed by atoms with Gasteiger partial charge in [0.05, 0.1) is 0 Å². The average Bonchev–Trinajstić information content (AvgIpc) is 2.78. The molecule has 2 heterocycles. The number of hydrogen-bond acceptors (Lipinski definition) is 2. The van der Waals surface area contributed by atoms with E-state index in [2.05, 4.69) is 36.2 Å². The number of likely N-dealkylation sites (tertiary alicyclic amines) is 1. The third kappa shape index (κ3) is 2.42. The first kappa shape index (κ1) is 14.7. The minimum absolute atomic E-state index is 0. The van der Waals surface area contributed by atoms with Crippen molar-refractivity contribution in [3.05, 3.63) is 58.6 Å². The number of ether oxygens (including phenoxy) is 1. The van der Waals surface area contributed by atoms with Gasteiger partial charge in [-0.3, -0.25) is 0 Å². The molecule has 0 spiro atoms. The molecule has 1 saturated heterocycles. The van der Waals surface area contributed by atoms with Gasteiger partial charge >= 0.3 is 0 Å². The van der Waals surface area contributed by atoms with Crippen molar-refractivity contribution < 1.29 is 4.74 Å². The summed E-state index contributed by atoms with van der Waals surface area (Å²) < 4.78 is 6.15. The lowest BCUT2D eigenvalue weighted by Gasteiger charge is -2.17. The molecule has 2 atom stereocenters. The Bertz CT molecular complexity index is 674. The van der Waals surface area contributed by atoms with Crippen molar-refractivity contribution in [2.24, 2.45) is 0 Å². The smallest absolute Gasteiger partial charge is 0.131 e. The second kappa shape index (κ2) is 5.53. The molecule has 2 aliphatic heterocycles. The molecule has 0 amide bonds. The first-order valence-electron chi connectivity index (χ1n) is 6.97. The monoisotopic (exact) mass is 321 g/mol. The van der Waals surface area contributed by atoms with E-state index in [1.807, 2.05) is 18.2 Å². The molecule has 2 aliphatic rings. The predicted molar refractivity (Wildman–Crippen MR) is 88.2 cm³/mol. The minimum Gasteiger partial charge on any atom is -0.457 e. The fourth-order valence-corrected chi connectivity index (χ4v) is 3.71. The molecular weight excluding hydrogens is 305 g/mol. The normalized spacial score (nSPS) is 23.1. The molecule has 21 heavy (non-hydrogen) atoms. The lowest BCUT2D eigenvalue weighted by Crippen LogP contribution is -2.14. The summed E-state index contributed by atoms with van der Waals surface area (Å²) in [5.74, 6) is 2.87. The van der Waals surface area contributed by atoms with Crippen LogP contribution in [0.3, 0.4) is 0 Å². The van der Waals surface area contributed by atoms with E-state index in [0.717, 1.165) is 29.6 Å². The van der Waals surface area contributed by atoms with Gasteiger partial charge < -0.3 is 9.64 Å². The molecule has 0 N–H and O–H groups in total. The maximum atomic E-state index is 6.20. The van der Waals surface area contributed by atoms with Crippen LogP contribution in [-0.2, 0) is 0 Å².